The summed E-state index contributed by atoms with van der Waals surface area (Å²) < 4.78 is 3.21. The fourth-order valence-electron chi connectivity index (χ4n) is 2.20. The molecular formula is C13H8Cl3N9. The highest BCUT2D eigenvalue weighted by atomic mass is 35.5. The van der Waals surface area contributed by atoms with Crippen molar-refractivity contribution in [1.29, 1.82) is 0 Å². The summed E-state index contributed by atoms with van der Waals surface area (Å²) in [6.45, 7) is 0.433. The second kappa shape index (κ2) is 6.43. The Kier molecular flexibility index (Phi) is 4.12. The lowest BCUT2D eigenvalue weighted by Gasteiger charge is -2.05. The van der Waals surface area contributed by atoms with Crippen LogP contribution in [0.3, 0.4) is 0 Å². The average molecular weight is 397 g/mol. The van der Waals surface area contributed by atoms with E-state index in [2.05, 4.69) is 36.0 Å². The molecule has 0 bridgehead atoms. The van der Waals surface area contributed by atoms with Crippen molar-refractivity contribution >= 4 is 34.8 Å². The smallest absolute Gasteiger partial charge is 0.207 e. The number of tetrazole rings is 1. The SMILES string of the molecule is Clc1cc(Cn2cc(-n3cc(-c4nn[nH]n4)cn3)nn2)cc(Cl)c1Cl. The van der Waals surface area contributed by atoms with Crippen LogP contribution in [0.4, 0.5) is 0 Å². The van der Waals surface area contributed by atoms with Crippen LogP contribution in [-0.2, 0) is 6.54 Å². The summed E-state index contributed by atoms with van der Waals surface area (Å²) >= 11 is 18.0. The number of hydrogen-bond donors (Lipinski definition) is 1. The highest BCUT2D eigenvalue weighted by Gasteiger charge is 2.11. The molecule has 4 rings (SSSR count). The number of halogens is 3. The second-order valence-corrected chi connectivity index (χ2v) is 6.25. The minimum atomic E-state index is 0.330. The monoisotopic (exact) mass is 395 g/mol. The Morgan fingerprint density at radius 1 is 1.04 bits per heavy atom. The molecule has 0 aliphatic heterocycles. The molecule has 0 amide bonds. The van der Waals surface area contributed by atoms with Gasteiger partial charge in [-0.2, -0.15) is 10.3 Å². The van der Waals surface area contributed by atoms with E-state index >= 15 is 0 Å². The Bertz CT molecular complexity index is 998. The molecule has 1 N–H and O–H groups in total. The third-order valence-corrected chi connectivity index (χ3v) is 4.53. The van der Waals surface area contributed by atoms with Crippen molar-refractivity contribution < 1.29 is 0 Å². The number of rotatable bonds is 4. The quantitative estimate of drug-likeness (QED) is 0.532. The van der Waals surface area contributed by atoms with E-state index in [1.165, 1.54) is 0 Å². The summed E-state index contributed by atoms with van der Waals surface area (Å²) in [6.07, 6.45) is 5.08. The molecule has 25 heavy (non-hydrogen) atoms. The van der Waals surface area contributed by atoms with Crippen LogP contribution in [0, 0.1) is 0 Å². The molecule has 0 fully saturated rings. The molecule has 0 aliphatic rings. The topological polar surface area (TPSA) is 103 Å². The van der Waals surface area contributed by atoms with Gasteiger partial charge in [0, 0.05) is 6.20 Å². The molecule has 0 saturated heterocycles. The molecule has 4 aromatic rings. The minimum absolute atomic E-state index is 0.330. The molecule has 3 heterocycles. The third-order valence-electron chi connectivity index (χ3n) is 3.34. The first-order valence-electron chi connectivity index (χ1n) is 6.92. The molecule has 0 spiro atoms. The Hall–Kier alpha value is -2.49. The third kappa shape index (κ3) is 3.21. The predicted molar refractivity (Wildman–Crippen MR) is 90.9 cm³/mol. The van der Waals surface area contributed by atoms with Gasteiger partial charge in [-0.3, -0.25) is 0 Å². The van der Waals surface area contributed by atoms with Crippen molar-refractivity contribution in [3.05, 3.63) is 51.4 Å². The summed E-state index contributed by atoms with van der Waals surface area (Å²) in [5.41, 5.74) is 1.56. The molecule has 1 aromatic carbocycles. The number of benzene rings is 1. The number of aromatic nitrogens is 9. The maximum atomic E-state index is 6.04. The first kappa shape index (κ1) is 16.0. The van der Waals surface area contributed by atoms with Crippen molar-refractivity contribution in [3.8, 4) is 17.2 Å². The van der Waals surface area contributed by atoms with Crippen molar-refractivity contribution in [1.82, 2.24) is 45.4 Å². The molecule has 9 nitrogen and oxygen atoms in total. The van der Waals surface area contributed by atoms with Crippen LogP contribution in [0.2, 0.25) is 15.1 Å². The fourth-order valence-corrected chi connectivity index (χ4v) is 2.85. The van der Waals surface area contributed by atoms with Gasteiger partial charge in [-0.25, -0.2) is 9.36 Å². The van der Waals surface area contributed by atoms with Crippen LogP contribution < -0.4 is 0 Å². The van der Waals surface area contributed by atoms with Gasteiger partial charge >= 0.3 is 0 Å². The van der Waals surface area contributed by atoms with Crippen LogP contribution >= 0.6 is 34.8 Å². The van der Waals surface area contributed by atoms with Gasteiger partial charge in [-0.05, 0) is 22.9 Å². The van der Waals surface area contributed by atoms with Crippen molar-refractivity contribution in [2.75, 3.05) is 0 Å². The van der Waals surface area contributed by atoms with Gasteiger partial charge in [0.2, 0.25) is 5.82 Å². The van der Waals surface area contributed by atoms with Gasteiger partial charge in [0.25, 0.3) is 0 Å². The predicted octanol–water partition coefficient (Wildman–Crippen LogP) is 2.65. The number of nitrogens with zero attached hydrogens (tertiary/aromatic N) is 8. The standard InChI is InChI=1S/C13H8Cl3N9/c14-9-1-7(2-10(15)12(9)16)4-24-6-11(18-23-24)25-5-8(3-17-25)13-19-21-22-20-13/h1-3,5-6H,4H2,(H,19,20,21,22). The van der Waals surface area contributed by atoms with E-state index in [4.69, 9.17) is 34.8 Å². The average Bonchev–Trinajstić information content (AvgIpc) is 3.32. The maximum Gasteiger partial charge on any atom is 0.207 e. The van der Waals surface area contributed by atoms with Gasteiger partial charge in [0.15, 0.2) is 5.82 Å². The second-order valence-electron chi connectivity index (χ2n) is 5.06. The highest BCUT2D eigenvalue weighted by molar-refractivity contribution is 6.48. The van der Waals surface area contributed by atoms with Gasteiger partial charge < -0.3 is 0 Å². The van der Waals surface area contributed by atoms with Crippen LogP contribution in [0.5, 0.6) is 0 Å². The van der Waals surface area contributed by atoms with Crippen molar-refractivity contribution in [2.24, 2.45) is 0 Å². The molecule has 0 radical (unpaired) electrons. The summed E-state index contributed by atoms with van der Waals surface area (Å²) in [7, 11) is 0. The van der Waals surface area contributed by atoms with E-state index in [0.717, 1.165) is 5.56 Å². The van der Waals surface area contributed by atoms with Crippen LogP contribution in [0.25, 0.3) is 17.2 Å². The zero-order valence-electron chi connectivity index (χ0n) is 12.3. The Morgan fingerprint density at radius 3 is 2.56 bits per heavy atom. The molecule has 0 saturated carbocycles. The molecule has 0 unspecified atom stereocenters. The lowest BCUT2D eigenvalue weighted by molar-refractivity contribution is 0.649. The summed E-state index contributed by atoms with van der Waals surface area (Å²) in [5.74, 6) is 0.991. The molecule has 126 valence electrons. The van der Waals surface area contributed by atoms with E-state index in [9.17, 15) is 0 Å². The fraction of sp³-hybridized carbons (Fsp3) is 0.0769. The summed E-state index contributed by atoms with van der Waals surface area (Å²) in [6, 6.07) is 3.47. The van der Waals surface area contributed by atoms with Gasteiger partial charge in [-0.1, -0.05) is 40.0 Å². The van der Waals surface area contributed by atoms with Gasteiger partial charge in [-0.15, -0.1) is 15.3 Å². The van der Waals surface area contributed by atoms with E-state index in [1.807, 2.05) is 0 Å². The Balaban J connectivity index is 1.56. The lowest BCUT2D eigenvalue weighted by atomic mass is 10.2. The van der Waals surface area contributed by atoms with Gasteiger partial charge in [0.05, 0.1) is 39.6 Å². The Morgan fingerprint density at radius 2 is 1.84 bits per heavy atom. The summed E-state index contributed by atoms with van der Waals surface area (Å²) in [4.78, 5) is 0. The molecular weight excluding hydrogens is 389 g/mol. The zero-order chi connectivity index (χ0) is 17.4. The highest BCUT2D eigenvalue weighted by Crippen LogP contribution is 2.31. The van der Waals surface area contributed by atoms with Gasteiger partial charge in [0.1, 0.15) is 0 Å². The number of hydrogen-bond acceptors (Lipinski definition) is 6. The number of aromatic amines is 1. The van der Waals surface area contributed by atoms with Crippen LogP contribution in [0.1, 0.15) is 5.56 Å². The summed E-state index contributed by atoms with van der Waals surface area (Å²) in [5, 5.41) is 27.2. The molecule has 0 aliphatic carbocycles. The lowest BCUT2D eigenvalue weighted by Crippen LogP contribution is -2.00. The van der Waals surface area contributed by atoms with Crippen molar-refractivity contribution in [3.63, 3.8) is 0 Å². The first-order chi connectivity index (χ1) is 12.1. The molecule has 12 heteroatoms. The van der Waals surface area contributed by atoms with E-state index in [1.54, 1.807) is 40.1 Å². The van der Waals surface area contributed by atoms with Crippen molar-refractivity contribution in [2.45, 2.75) is 6.54 Å². The molecule has 3 aromatic heterocycles. The first-order valence-corrected chi connectivity index (χ1v) is 8.06. The van der Waals surface area contributed by atoms with E-state index in [0.29, 0.717) is 38.8 Å². The van der Waals surface area contributed by atoms with E-state index in [-0.39, 0.29) is 0 Å². The minimum Gasteiger partial charge on any atom is -0.246 e. The largest absolute Gasteiger partial charge is 0.246 e. The zero-order valence-corrected chi connectivity index (χ0v) is 14.6. The number of nitrogens with one attached hydrogen (secondary N) is 1. The Labute approximate surface area is 155 Å². The maximum absolute atomic E-state index is 6.04. The molecule has 0 atom stereocenters. The van der Waals surface area contributed by atoms with E-state index < -0.39 is 0 Å². The van der Waals surface area contributed by atoms with Crippen LogP contribution in [-0.4, -0.2) is 45.4 Å². The normalized spacial score (nSPS) is 11.2. The van der Waals surface area contributed by atoms with Crippen LogP contribution in [0.15, 0.2) is 30.7 Å². The number of H-pyrrole nitrogens is 1.